The van der Waals surface area contributed by atoms with Crippen molar-refractivity contribution >= 4 is 21.7 Å². The van der Waals surface area contributed by atoms with Crippen molar-refractivity contribution in [1.29, 1.82) is 5.26 Å². The van der Waals surface area contributed by atoms with Gasteiger partial charge in [0.25, 0.3) is 0 Å². The van der Waals surface area contributed by atoms with Gasteiger partial charge in [0.05, 0.1) is 22.7 Å². The summed E-state index contributed by atoms with van der Waals surface area (Å²) in [5.74, 6) is -0.856. The van der Waals surface area contributed by atoms with Gasteiger partial charge in [0.1, 0.15) is 0 Å². The van der Waals surface area contributed by atoms with Crippen LogP contribution in [-0.2, 0) is 21.1 Å². The zero-order valence-electron chi connectivity index (χ0n) is 14.9. The average Bonchev–Trinajstić information content (AvgIpc) is 2.78. The monoisotopic (exact) mass is 421 g/mol. The van der Waals surface area contributed by atoms with E-state index in [2.05, 4.69) is 0 Å². The first kappa shape index (κ1) is 22.1. The predicted octanol–water partition coefficient (Wildman–Crippen LogP) is 1.56. The van der Waals surface area contributed by atoms with Crippen LogP contribution in [0.5, 0.6) is 0 Å². The summed E-state index contributed by atoms with van der Waals surface area (Å²) in [6.45, 7) is 2.28. The van der Waals surface area contributed by atoms with Crippen molar-refractivity contribution in [2.45, 2.75) is 37.5 Å². The number of amides is 1. The second-order valence-electron chi connectivity index (χ2n) is 6.69. The maximum absolute atomic E-state index is 13.3. The van der Waals surface area contributed by atoms with Crippen LogP contribution in [0.25, 0.3) is 0 Å². The van der Waals surface area contributed by atoms with E-state index >= 15 is 0 Å². The quantitative estimate of drug-likeness (QED) is 0.692. The molecule has 154 valence electrons. The zero-order chi connectivity index (χ0) is 21.5. The molecule has 0 spiro atoms. The maximum Gasteiger partial charge on any atom is 0.417 e. The molecule has 0 radical (unpaired) electrons. The summed E-state index contributed by atoms with van der Waals surface area (Å²) < 4.78 is 73.5. The molecular weight excluding hydrogens is 403 g/mol. The molecule has 1 aromatic rings. The molecule has 2 rings (SSSR count). The highest BCUT2D eigenvalue weighted by Gasteiger charge is 2.57. The van der Waals surface area contributed by atoms with E-state index in [4.69, 9.17) is 10.4 Å². The summed E-state index contributed by atoms with van der Waals surface area (Å²) in [6, 6.07) is 3.74. The number of hydrogen-bond donors (Lipinski definition) is 2. The van der Waals surface area contributed by atoms with Crippen molar-refractivity contribution in [1.82, 2.24) is 4.90 Å². The van der Waals surface area contributed by atoms with Crippen LogP contribution in [-0.4, -0.2) is 53.1 Å². The molecule has 0 aromatic heterocycles. The van der Waals surface area contributed by atoms with Gasteiger partial charge in [-0.3, -0.25) is 19.1 Å². The van der Waals surface area contributed by atoms with E-state index in [1.165, 1.54) is 19.9 Å². The Morgan fingerprint density at radius 2 is 1.93 bits per heavy atom. The number of nitriles is 1. The van der Waals surface area contributed by atoms with Gasteiger partial charge < -0.3 is 5.11 Å². The highest BCUT2D eigenvalue weighted by molar-refractivity contribution is 7.86. The number of halogens is 3. The molecule has 1 aromatic carbocycles. The van der Waals surface area contributed by atoms with Gasteiger partial charge in [-0.1, -0.05) is 0 Å². The largest absolute Gasteiger partial charge is 0.417 e. The molecule has 1 unspecified atom stereocenters. The van der Waals surface area contributed by atoms with Crippen LogP contribution in [0.15, 0.2) is 18.2 Å². The molecule has 2 N–H and O–H groups in total. The van der Waals surface area contributed by atoms with E-state index in [0.717, 1.165) is 17.0 Å². The fourth-order valence-electron chi connectivity index (χ4n) is 3.12. The van der Waals surface area contributed by atoms with Gasteiger partial charge in [0.2, 0.25) is 11.4 Å². The van der Waals surface area contributed by atoms with E-state index < -0.39 is 50.1 Å². The van der Waals surface area contributed by atoms with E-state index in [-0.39, 0.29) is 19.6 Å². The molecule has 1 atom stereocenters. The highest BCUT2D eigenvalue weighted by atomic mass is 32.2. The Kier molecular flexibility index (Phi) is 5.78. The summed E-state index contributed by atoms with van der Waals surface area (Å²) >= 11 is 0. The lowest BCUT2D eigenvalue weighted by molar-refractivity contribution is -0.137. The van der Waals surface area contributed by atoms with Crippen molar-refractivity contribution in [3.8, 4) is 6.07 Å². The minimum absolute atomic E-state index is 0.0672. The van der Waals surface area contributed by atoms with E-state index in [9.17, 15) is 30.9 Å². The maximum atomic E-state index is 13.3. The van der Waals surface area contributed by atoms with Gasteiger partial charge in [-0.05, 0) is 38.5 Å². The molecule has 0 saturated carbocycles. The number of aliphatic hydroxyl groups excluding tert-OH is 1. The highest BCUT2D eigenvalue weighted by Crippen LogP contribution is 2.40. The number of nitrogens with zero attached hydrogens (tertiary/aromatic N) is 3. The second kappa shape index (κ2) is 7.32. The topological polar surface area (TPSA) is 122 Å². The lowest BCUT2D eigenvalue weighted by Crippen LogP contribution is -2.49. The minimum Gasteiger partial charge on any atom is -0.396 e. The zero-order valence-corrected chi connectivity index (χ0v) is 15.8. The number of anilines is 1. The molecule has 1 saturated heterocycles. The van der Waals surface area contributed by atoms with Crippen molar-refractivity contribution in [2.75, 3.05) is 18.1 Å². The molecular formula is C16H18F3N3O5S. The van der Waals surface area contributed by atoms with Gasteiger partial charge in [-0.15, -0.1) is 0 Å². The van der Waals surface area contributed by atoms with Crippen molar-refractivity contribution in [3.63, 3.8) is 0 Å². The minimum atomic E-state index is -4.94. The van der Waals surface area contributed by atoms with Crippen LogP contribution in [0.4, 0.5) is 18.9 Å². The summed E-state index contributed by atoms with van der Waals surface area (Å²) in [6.07, 6.45) is -4.85. The summed E-state index contributed by atoms with van der Waals surface area (Å²) in [5, 5.41) is 17.9. The Balaban J connectivity index is 2.69. The SMILES string of the molecule is CC1(C)C(=O)N(c2ccc(C#N)c(C(F)(F)F)c2)C(S(=O)(=O)O)N1CCCO. The summed E-state index contributed by atoms with van der Waals surface area (Å²) in [7, 11) is -4.94. The molecule has 0 bridgehead atoms. The van der Waals surface area contributed by atoms with Crippen LogP contribution in [0.1, 0.15) is 31.4 Å². The molecule has 0 aliphatic carbocycles. The third kappa shape index (κ3) is 3.83. The second-order valence-corrected chi connectivity index (χ2v) is 8.14. The predicted molar refractivity (Wildman–Crippen MR) is 91.5 cm³/mol. The lowest BCUT2D eigenvalue weighted by Gasteiger charge is -2.31. The Morgan fingerprint density at radius 1 is 1.32 bits per heavy atom. The molecule has 1 heterocycles. The van der Waals surface area contributed by atoms with Crippen LogP contribution >= 0.6 is 0 Å². The van der Waals surface area contributed by atoms with E-state index in [1.54, 1.807) is 0 Å². The fraction of sp³-hybridized carbons (Fsp3) is 0.500. The fourth-order valence-corrected chi connectivity index (χ4v) is 4.29. The number of benzene rings is 1. The molecule has 1 aliphatic rings. The van der Waals surface area contributed by atoms with Gasteiger partial charge >= 0.3 is 16.3 Å². The van der Waals surface area contributed by atoms with E-state index in [1.807, 2.05) is 0 Å². The lowest BCUT2D eigenvalue weighted by atomic mass is 10.0. The van der Waals surface area contributed by atoms with Crippen molar-refractivity contribution < 1.29 is 36.0 Å². The van der Waals surface area contributed by atoms with Crippen LogP contribution in [0, 0.1) is 11.3 Å². The Bertz CT molecular complexity index is 924. The molecule has 8 nitrogen and oxygen atoms in total. The van der Waals surface area contributed by atoms with Crippen molar-refractivity contribution in [2.24, 2.45) is 0 Å². The molecule has 12 heteroatoms. The smallest absolute Gasteiger partial charge is 0.396 e. The van der Waals surface area contributed by atoms with Crippen molar-refractivity contribution in [3.05, 3.63) is 29.3 Å². The van der Waals surface area contributed by atoms with E-state index in [0.29, 0.717) is 11.0 Å². The Labute approximate surface area is 159 Å². The van der Waals surface area contributed by atoms with Gasteiger partial charge in [0.15, 0.2) is 0 Å². The Morgan fingerprint density at radius 3 is 2.39 bits per heavy atom. The first-order chi connectivity index (χ1) is 12.8. The number of hydrogen-bond acceptors (Lipinski definition) is 6. The first-order valence-electron chi connectivity index (χ1n) is 8.05. The molecule has 1 fully saturated rings. The van der Waals surface area contributed by atoms with Crippen LogP contribution in [0.2, 0.25) is 0 Å². The normalized spacial score (nSPS) is 20.4. The molecule has 1 amide bonds. The molecule has 1 aliphatic heterocycles. The first-order valence-corrected chi connectivity index (χ1v) is 9.56. The van der Waals surface area contributed by atoms with Crippen LogP contribution in [0.3, 0.4) is 0 Å². The number of aliphatic hydroxyl groups is 1. The Hall–Kier alpha value is -2.20. The van der Waals surface area contributed by atoms with Crippen LogP contribution < -0.4 is 4.90 Å². The standard InChI is InChI=1S/C16H18F3N3O5S/c1-15(2)13(24)22(14(28(25,26)27)21(15)6-3-7-23)11-5-4-10(9-20)12(8-11)16(17,18)19/h4-5,8,14,23H,3,6-7H2,1-2H3,(H,25,26,27). The number of rotatable bonds is 5. The number of alkyl halides is 3. The third-order valence-electron chi connectivity index (χ3n) is 4.48. The molecule has 28 heavy (non-hydrogen) atoms. The average molecular weight is 421 g/mol. The van der Waals surface area contributed by atoms with Gasteiger partial charge in [0, 0.05) is 18.8 Å². The summed E-state index contributed by atoms with van der Waals surface area (Å²) in [5.41, 5.74) is -5.92. The summed E-state index contributed by atoms with van der Waals surface area (Å²) in [4.78, 5) is 14.5. The number of carbonyl (C=O) groups is 1. The van der Waals surface area contributed by atoms with Gasteiger partial charge in [-0.2, -0.15) is 26.9 Å². The van der Waals surface area contributed by atoms with Gasteiger partial charge in [-0.25, -0.2) is 0 Å². The number of carbonyl (C=O) groups excluding carboxylic acids is 1. The third-order valence-corrected chi connectivity index (χ3v) is 5.48.